The van der Waals surface area contributed by atoms with Crippen molar-refractivity contribution in [2.45, 2.75) is 53.1 Å². The van der Waals surface area contributed by atoms with Gasteiger partial charge in [0.05, 0.1) is 5.69 Å². The standard InChI is InChI=1S/C17H26N4/c1-5-15-9-16(21(7-3)20-15)10-17(19-6-2)14-8-13(4)11-18-12-14/h8-9,11-12,17,19H,5-7,10H2,1-4H3. The van der Waals surface area contributed by atoms with Crippen LogP contribution in [0.4, 0.5) is 0 Å². The predicted molar refractivity (Wildman–Crippen MR) is 86.4 cm³/mol. The van der Waals surface area contributed by atoms with E-state index in [-0.39, 0.29) is 6.04 Å². The van der Waals surface area contributed by atoms with E-state index in [0.717, 1.165) is 25.9 Å². The maximum absolute atomic E-state index is 4.64. The predicted octanol–water partition coefficient (Wildman–Crippen LogP) is 3.06. The number of nitrogens with zero attached hydrogens (tertiary/aromatic N) is 3. The molecule has 0 spiro atoms. The number of rotatable bonds is 7. The maximum atomic E-state index is 4.64. The summed E-state index contributed by atoms with van der Waals surface area (Å²) in [5.41, 5.74) is 4.92. The lowest BCUT2D eigenvalue weighted by atomic mass is 10.0. The second-order valence-corrected chi connectivity index (χ2v) is 5.41. The number of hydrogen-bond donors (Lipinski definition) is 1. The highest BCUT2D eigenvalue weighted by Gasteiger charge is 2.15. The van der Waals surface area contributed by atoms with Crippen molar-refractivity contribution in [2.24, 2.45) is 0 Å². The second kappa shape index (κ2) is 7.36. The zero-order valence-electron chi connectivity index (χ0n) is 13.6. The lowest BCUT2D eigenvalue weighted by molar-refractivity contribution is 0.514. The molecule has 1 N–H and O–H groups in total. The first-order valence-corrected chi connectivity index (χ1v) is 7.88. The van der Waals surface area contributed by atoms with Crippen molar-refractivity contribution in [2.75, 3.05) is 6.54 Å². The summed E-state index contributed by atoms with van der Waals surface area (Å²) in [6.45, 7) is 10.4. The number of pyridine rings is 1. The van der Waals surface area contributed by atoms with Gasteiger partial charge in [-0.3, -0.25) is 9.67 Å². The highest BCUT2D eigenvalue weighted by Crippen LogP contribution is 2.19. The van der Waals surface area contributed by atoms with Crippen LogP contribution in [0.25, 0.3) is 0 Å². The summed E-state index contributed by atoms with van der Waals surface area (Å²) < 4.78 is 2.12. The molecule has 0 saturated heterocycles. The molecule has 4 heteroatoms. The number of hydrogen-bond acceptors (Lipinski definition) is 3. The van der Waals surface area contributed by atoms with Crippen LogP contribution < -0.4 is 5.32 Å². The number of nitrogens with one attached hydrogen (secondary N) is 1. The highest BCUT2D eigenvalue weighted by molar-refractivity contribution is 5.23. The van der Waals surface area contributed by atoms with Crippen LogP contribution in [0.5, 0.6) is 0 Å². The third-order valence-corrected chi connectivity index (χ3v) is 3.74. The Hall–Kier alpha value is -1.68. The Morgan fingerprint density at radius 1 is 1.19 bits per heavy atom. The molecule has 0 radical (unpaired) electrons. The summed E-state index contributed by atoms with van der Waals surface area (Å²) in [6.07, 6.45) is 5.80. The Labute approximate surface area is 127 Å². The first-order valence-electron chi connectivity index (χ1n) is 7.88. The molecule has 0 bridgehead atoms. The van der Waals surface area contributed by atoms with E-state index < -0.39 is 0 Å². The van der Waals surface area contributed by atoms with E-state index in [1.54, 1.807) is 0 Å². The van der Waals surface area contributed by atoms with E-state index in [2.05, 4.69) is 59.9 Å². The highest BCUT2D eigenvalue weighted by atomic mass is 15.3. The van der Waals surface area contributed by atoms with Gasteiger partial charge in [-0.15, -0.1) is 0 Å². The van der Waals surface area contributed by atoms with Crippen LogP contribution in [0.2, 0.25) is 0 Å². The van der Waals surface area contributed by atoms with Gasteiger partial charge in [-0.2, -0.15) is 5.10 Å². The molecule has 2 rings (SSSR count). The van der Waals surface area contributed by atoms with Crippen LogP contribution in [-0.4, -0.2) is 21.3 Å². The van der Waals surface area contributed by atoms with Crippen molar-refractivity contribution >= 4 is 0 Å². The topological polar surface area (TPSA) is 42.7 Å². The average Bonchev–Trinajstić information content (AvgIpc) is 2.89. The quantitative estimate of drug-likeness (QED) is 0.850. The average molecular weight is 286 g/mol. The molecule has 0 aliphatic heterocycles. The zero-order chi connectivity index (χ0) is 15.2. The van der Waals surface area contributed by atoms with Crippen molar-refractivity contribution in [3.8, 4) is 0 Å². The van der Waals surface area contributed by atoms with Crippen molar-refractivity contribution in [3.05, 3.63) is 47.0 Å². The molecule has 2 aromatic rings. The fourth-order valence-electron chi connectivity index (χ4n) is 2.66. The van der Waals surface area contributed by atoms with Gasteiger partial charge >= 0.3 is 0 Å². The Bertz CT molecular complexity index is 574. The summed E-state index contributed by atoms with van der Waals surface area (Å²) >= 11 is 0. The van der Waals surface area contributed by atoms with E-state index in [0.29, 0.717) is 0 Å². The van der Waals surface area contributed by atoms with Gasteiger partial charge in [-0.1, -0.05) is 19.9 Å². The minimum atomic E-state index is 0.286. The van der Waals surface area contributed by atoms with Gasteiger partial charge in [0.2, 0.25) is 0 Å². The van der Waals surface area contributed by atoms with Gasteiger partial charge < -0.3 is 5.32 Å². The Morgan fingerprint density at radius 2 is 2.00 bits per heavy atom. The third-order valence-electron chi connectivity index (χ3n) is 3.74. The number of aromatic nitrogens is 3. The summed E-state index contributed by atoms with van der Waals surface area (Å²) in [6, 6.07) is 4.74. The molecule has 0 aromatic carbocycles. The Morgan fingerprint density at radius 3 is 2.62 bits per heavy atom. The zero-order valence-corrected chi connectivity index (χ0v) is 13.6. The van der Waals surface area contributed by atoms with Crippen LogP contribution in [0.3, 0.4) is 0 Å². The lowest BCUT2D eigenvalue weighted by Gasteiger charge is -2.19. The van der Waals surface area contributed by atoms with Crippen LogP contribution in [0, 0.1) is 6.92 Å². The molecular formula is C17H26N4. The van der Waals surface area contributed by atoms with Gasteiger partial charge in [0, 0.05) is 37.1 Å². The molecular weight excluding hydrogens is 260 g/mol. The van der Waals surface area contributed by atoms with Gasteiger partial charge in [-0.05, 0) is 44.0 Å². The van der Waals surface area contributed by atoms with Crippen molar-refractivity contribution in [1.82, 2.24) is 20.1 Å². The molecule has 1 unspecified atom stereocenters. The fourth-order valence-corrected chi connectivity index (χ4v) is 2.66. The van der Waals surface area contributed by atoms with Crippen LogP contribution >= 0.6 is 0 Å². The smallest absolute Gasteiger partial charge is 0.0624 e. The fraction of sp³-hybridized carbons (Fsp3) is 0.529. The SMILES string of the molecule is CCNC(Cc1cc(CC)nn1CC)c1cncc(C)c1. The molecule has 0 amide bonds. The summed E-state index contributed by atoms with van der Waals surface area (Å²) in [7, 11) is 0. The molecule has 0 saturated carbocycles. The van der Waals surface area contributed by atoms with E-state index in [1.807, 2.05) is 12.4 Å². The monoisotopic (exact) mass is 286 g/mol. The Balaban J connectivity index is 2.25. The van der Waals surface area contributed by atoms with E-state index in [1.165, 1.54) is 22.5 Å². The number of likely N-dealkylation sites (N-methyl/N-ethyl adjacent to an activating group) is 1. The molecule has 4 nitrogen and oxygen atoms in total. The van der Waals surface area contributed by atoms with Gasteiger partial charge in [0.15, 0.2) is 0 Å². The van der Waals surface area contributed by atoms with Gasteiger partial charge in [0.1, 0.15) is 0 Å². The molecule has 114 valence electrons. The van der Waals surface area contributed by atoms with Gasteiger partial charge in [-0.25, -0.2) is 0 Å². The molecule has 2 heterocycles. The largest absolute Gasteiger partial charge is 0.310 e. The first-order chi connectivity index (χ1) is 10.2. The molecule has 0 fully saturated rings. The minimum absolute atomic E-state index is 0.286. The summed E-state index contributed by atoms with van der Waals surface area (Å²) in [5.74, 6) is 0. The van der Waals surface area contributed by atoms with Crippen LogP contribution in [0.1, 0.15) is 49.3 Å². The lowest BCUT2D eigenvalue weighted by Crippen LogP contribution is -2.24. The van der Waals surface area contributed by atoms with Crippen molar-refractivity contribution in [3.63, 3.8) is 0 Å². The minimum Gasteiger partial charge on any atom is -0.310 e. The molecule has 0 aliphatic rings. The first kappa shape index (κ1) is 15.7. The Kier molecular flexibility index (Phi) is 5.51. The van der Waals surface area contributed by atoms with Crippen LogP contribution in [0.15, 0.2) is 24.5 Å². The summed E-state index contributed by atoms with van der Waals surface area (Å²) in [4.78, 5) is 4.33. The van der Waals surface area contributed by atoms with E-state index in [9.17, 15) is 0 Å². The molecule has 0 aliphatic carbocycles. The molecule has 21 heavy (non-hydrogen) atoms. The maximum Gasteiger partial charge on any atom is 0.0624 e. The van der Waals surface area contributed by atoms with Crippen molar-refractivity contribution < 1.29 is 0 Å². The normalized spacial score (nSPS) is 12.6. The number of aryl methyl sites for hydroxylation is 3. The van der Waals surface area contributed by atoms with Crippen molar-refractivity contribution in [1.29, 1.82) is 0 Å². The second-order valence-electron chi connectivity index (χ2n) is 5.41. The van der Waals surface area contributed by atoms with Crippen LogP contribution in [-0.2, 0) is 19.4 Å². The van der Waals surface area contributed by atoms with E-state index >= 15 is 0 Å². The molecule has 2 aromatic heterocycles. The van der Waals surface area contributed by atoms with E-state index in [4.69, 9.17) is 0 Å². The third kappa shape index (κ3) is 3.91. The summed E-state index contributed by atoms with van der Waals surface area (Å²) in [5, 5.41) is 8.22. The molecule has 1 atom stereocenters. The van der Waals surface area contributed by atoms with Gasteiger partial charge in [0.25, 0.3) is 0 Å².